The molecule has 2 atom stereocenters. The summed E-state index contributed by atoms with van der Waals surface area (Å²) in [4.78, 5) is 0. The number of ether oxygens (including phenoxy) is 3. The van der Waals surface area contributed by atoms with Crippen molar-refractivity contribution in [1.82, 2.24) is 0 Å². The second kappa shape index (κ2) is 6.84. The zero-order valence-electron chi connectivity index (χ0n) is 15.3. The number of nitrogens with zero attached hydrogens (tertiary/aromatic N) is 1. The largest absolute Gasteiger partial charge is 0.493 e. The van der Waals surface area contributed by atoms with Gasteiger partial charge in [-0.1, -0.05) is 52.3 Å². The van der Waals surface area contributed by atoms with Crippen LogP contribution in [0, 0.1) is 16.7 Å². The maximum Gasteiger partial charge on any atom is 0.219 e. The van der Waals surface area contributed by atoms with Crippen molar-refractivity contribution in [1.29, 1.82) is 10.7 Å². The minimum Gasteiger partial charge on any atom is -0.493 e. The number of benzene rings is 3. The van der Waals surface area contributed by atoms with Gasteiger partial charge in [0.25, 0.3) is 0 Å². The van der Waals surface area contributed by atoms with Crippen LogP contribution in [0.5, 0.6) is 17.2 Å². The van der Waals surface area contributed by atoms with Crippen LogP contribution in [0.3, 0.4) is 0 Å². The van der Waals surface area contributed by atoms with Crippen molar-refractivity contribution in [3.63, 3.8) is 0 Å². The van der Waals surface area contributed by atoms with E-state index in [9.17, 15) is 5.26 Å². The molecular weight excluding hydrogens is 420 g/mol. The second-order valence-electron chi connectivity index (χ2n) is 6.50. The summed E-state index contributed by atoms with van der Waals surface area (Å²) in [7, 11) is 3.15. The number of nitriles is 1. The summed E-state index contributed by atoms with van der Waals surface area (Å²) >= 11 is 3.52. The number of halogens is 1. The highest BCUT2D eigenvalue weighted by atomic mass is 79.9. The fourth-order valence-electron chi connectivity index (χ4n) is 3.72. The first-order valence-electron chi connectivity index (χ1n) is 8.64. The summed E-state index contributed by atoms with van der Waals surface area (Å²) < 4.78 is 15.2. The van der Waals surface area contributed by atoms with E-state index < -0.39 is 10.2 Å². The summed E-state index contributed by atoms with van der Waals surface area (Å²) in [6.45, 7) is 0. The molecule has 0 aliphatic carbocycles. The molecule has 2 unspecified atom stereocenters. The fraction of sp³-hybridized carbons (Fsp3) is 0.182. The monoisotopic (exact) mass is 436 g/mol. The summed E-state index contributed by atoms with van der Waals surface area (Å²) in [6.07, 6.45) is 0. The van der Waals surface area contributed by atoms with E-state index in [0.717, 1.165) is 21.9 Å². The lowest BCUT2D eigenvalue weighted by molar-refractivity contribution is 0.354. The van der Waals surface area contributed by atoms with Gasteiger partial charge < -0.3 is 14.2 Å². The van der Waals surface area contributed by atoms with E-state index >= 15 is 0 Å². The molecule has 0 spiro atoms. The van der Waals surface area contributed by atoms with Gasteiger partial charge in [-0.2, -0.15) is 5.26 Å². The molecule has 0 saturated heterocycles. The van der Waals surface area contributed by atoms with Gasteiger partial charge in [0, 0.05) is 5.56 Å². The highest BCUT2D eigenvalue weighted by Gasteiger charge is 2.50. The van der Waals surface area contributed by atoms with Crippen molar-refractivity contribution < 1.29 is 14.2 Å². The van der Waals surface area contributed by atoms with Gasteiger partial charge >= 0.3 is 0 Å². The van der Waals surface area contributed by atoms with Crippen molar-refractivity contribution in [3.8, 4) is 23.3 Å². The first-order chi connectivity index (χ1) is 13.5. The predicted octanol–water partition coefficient (Wildman–Crippen LogP) is 5.02. The van der Waals surface area contributed by atoms with Crippen molar-refractivity contribution in [2.45, 2.75) is 10.2 Å². The Labute approximate surface area is 171 Å². The Morgan fingerprint density at radius 3 is 2.54 bits per heavy atom. The molecule has 4 rings (SSSR count). The van der Waals surface area contributed by atoms with Crippen LogP contribution >= 0.6 is 15.9 Å². The molecule has 0 amide bonds. The highest BCUT2D eigenvalue weighted by Crippen LogP contribution is 2.51. The molecule has 0 radical (unpaired) electrons. The van der Waals surface area contributed by atoms with Gasteiger partial charge in [-0.15, -0.1) is 0 Å². The normalized spacial score (nSPS) is 20.8. The Bertz CT molecular complexity index is 1140. The third-order valence-corrected chi connectivity index (χ3v) is 6.06. The van der Waals surface area contributed by atoms with Crippen molar-refractivity contribution in [2.24, 2.45) is 0 Å². The summed E-state index contributed by atoms with van der Waals surface area (Å²) in [5.41, 5.74) is 1.68. The lowest BCUT2D eigenvalue weighted by atomic mass is 9.77. The maximum atomic E-state index is 10.0. The van der Waals surface area contributed by atoms with Crippen LogP contribution in [0.2, 0.25) is 0 Å². The summed E-state index contributed by atoms with van der Waals surface area (Å²) in [5.74, 6) is 1.13. The number of rotatable bonds is 3. The van der Waals surface area contributed by atoms with E-state index in [0.29, 0.717) is 17.2 Å². The minimum atomic E-state index is -1.34. The quantitative estimate of drug-likeness (QED) is 0.585. The molecule has 0 fully saturated rings. The Morgan fingerprint density at radius 1 is 1.07 bits per heavy atom. The van der Waals surface area contributed by atoms with Crippen LogP contribution < -0.4 is 14.2 Å². The van der Waals surface area contributed by atoms with Gasteiger partial charge in [-0.05, 0) is 34.5 Å². The second-order valence-corrected chi connectivity index (χ2v) is 7.75. The van der Waals surface area contributed by atoms with E-state index in [1.54, 1.807) is 14.2 Å². The van der Waals surface area contributed by atoms with Gasteiger partial charge in [0.05, 0.1) is 26.2 Å². The Hall–Kier alpha value is -3.04. The zero-order valence-corrected chi connectivity index (χ0v) is 16.9. The van der Waals surface area contributed by atoms with Gasteiger partial charge in [0.2, 0.25) is 5.90 Å². The number of hydrogen-bond acceptors (Lipinski definition) is 5. The van der Waals surface area contributed by atoms with Crippen LogP contribution in [0.4, 0.5) is 0 Å². The number of methoxy groups -OCH3 is 2. The molecule has 3 aromatic rings. The average Bonchev–Trinajstić information content (AvgIpc) is 2.74. The minimum absolute atomic E-state index is 0.141. The predicted molar refractivity (Wildman–Crippen MR) is 111 cm³/mol. The third kappa shape index (κ3) is 2.62. The maximum absolute atomic E-state index is 10.0. The van der Waals surface area contributed by atoms with E-state index in [-0.39, 0.29) is 5.90 Å². The third-order valence-electron chi connectivity index (χ3n) is 5.06. The number of fused-ring (bicyclic) bond motifs is 3. The molecule has 3 aromatic carbocycles. The number of hydrogen-bond donors (Lipinski definition) is 1. The molecule has 0 saturated carbocycles. The standard InChI is InChI=1S/C22H17BrN2O3/c1-26-16-9-8-14(11-18(16)27-2)20-19-15-6-4-3-5-13(15)7-10-17(19)28-21(25)22(20,23)12-24/h3-11,20,25H,1-2H3. The Morgan fingerprint density at radius 2 is 1.82 bits per heavy atom. The SMILES string of the molecule is COc1ccc(C2c3c(ccc4ccccc34)OC(=N)C2(Br)C#N)cc1OC. The van der Waals surface area contributed by atoms with Crippen LogP contribution in [0.15, 0.2) is 54.6 Å². The molecular formula is C22H17BrN2O3. The van der Waals surface area contributed by atoms with E-state index in [1.165, 1.54) is 0 Å². The van der Waals surface area contributed by atoms with Gasteiger partial charge in [-0.25, -0.2) is 0 Å². The van der Waals surface area contributed by atoms with E-state index in [1.807, 2.05) is 54.6 Å². The zero-order chi connectivity index (χ0) is 19.9. The number of nitrogens with one attached hydrogen (secondary N) is 1. The van der Waals surface area contributed by atoms with Crippen molar-refractivity contribution in [3.05, 3.63) is 65.7 Å². The highest BCUT2D eigenvalue weighted by molar-refractivity contribution is 9.10. The molecule has 140 valence electrons. The van der Waals surface area contributed by atoms with Crippen LogP contribution in [0.1, 0.15) is 17.0 Å². The first-order valence-corrected chi connectivity index (χ1v) is 9.43. The molecule has 28 heavy (non-hydrogen) atoms. The molecule has 6 heteroatoms. The smallest absolute Gasteiger partial charge is 0.219 e. The van der Waals surface area contributed by atoms with E-state index in [4.69, 9.17) is 19.6 Å². The fourth-order valence-corrected chi connectivity index (χ4v) is 4.29. The van der Waals surface area contributed by atoms with Crippen molar-refractivity contribution in [2.75, 3.05) is 14.2 Å². The van der Waals surface area contributed by atoms with Crippen molar-refractivity contribution >= 4 is 32.6 Å². The molecule has 0 aromatic heterocycles. The molecule has 0 bridgehead atoms. The topological polar surface area (TPSA) is 75.3 Å². The first kappa shape index (κ1) is 18.3. The molecule has 1 heterocycles. The van der Waals surface area contributed by atoms with E-state index in [2.05, 4.69) is 22.0 Å². The summed E-state index contributed by atoms with van der Waals surface area (Å²) in [6, 6.07) is 19.6. The van der Waals surface area contributed by atoms with Gasteiger partial charge in [-0.3, -0.25) is 5.41 Å². The van der Waals surface area contributed by atoms with Crippen LogP contribution in [-0.4, -0.2) is 24.4 Å². The van der Waals surface area contributed by atoms with Crippen LogP contribution in [0.25, 0.3) is 10.8 Å². The average molecular weight is 437 g/mol. The summed E-state index contributed by atoms with van der Waals surface area (Å²) in [5, 5.41) is 20.4. The lowest BCUT2D eigenvalue weighted by Crippen LogP contribution is -2.44. The molecule has 1 N–H and O–H groups in total. The van der Waals surface area contributed by atoms with Crippen LogP contribution in [-0.2, 0) is 0 Å². The Balaban J connectivity index is 2.05. The lowest BCUT2D eigenvalue weighted by Gasteiger charge is -2.37. The number of alkyl halides is 1. The Kier molecular flexibility index (Phi) is 4.48. The molecule has 1 aliphatic heterocycles. The molecule has 5 nitrogen and oxygen atoms in total. The van der Waals surface area contributed by atoms with Gasteiger partial charge in [0.1, 0.15) is 5.75 Å². The molecule has 1 aliphatic rings. The van der Waals surface area contributed by atoms with Gasteiger partial charge in [0.15, 0.2) is 15.8 Å².